The number of esters is 1. The van der Waals surface area contributed by atoms with Crippen LogP contribution in [0.4, 0.5) is 0 Å². The molecule has 0 aromatic rings. The average Bonchev–Trinajstić information content (AvgIpc) is 2.25. The number of hydrogen-bond acceptors (Lipinski definition) is 4. The van der Waals surface area contributed by atoms with E-state index in [1.165, 1.54) is 7.11 Å². The summed E-state index contributed by atoms with van der Waals surface area (Å²) in [5, 5.41) is 2.68. The summed E-state index contributed by atoms with van der Waals surface area (Å²) in [6, 6.07) is 0. The summed E-state index contributed by atoms with van der Waals surface area (Å²) in [5.74, 6) is -0.400. The van der Waals surface area contributed by atoms with E-state index in [-0.39, 0.29) is 24.2 Å². The molecular formula is C10H20N2O3. The Morgan fingerprint density at radius 1 is 1.47 bits per heavy atom. The molecule has 0 heterocycles. The van der Waals surface area contributed by atoms with Gasteiger partial charge in [-0.15, -0.1) is 0 Å². The molecule has 0 aliphatic rings. The largest absolute Gasteiger partial charge is 0.469 e. The van der Waals surface area contributed by atoms with Crippen molar-refractivity contribution >= 4 is 11.9 Å². The Hall–Kier alpha value is -1.10. The number of methoxy groups -OCH3 is 1. The Balaban J connectivity index is 3.59. The highest BCUT2D eigenvalue weighted by molar-refractivity contribution is 5.79. The first-order chi connectivity index (χ1) is 7.11. The van der Waals surface area contributed by atoms with E-state index in [4.69, 9.17) is 5.73 Å². The lowest BCUT2D eigenvalue weighted by atomic mass is 10.1. The third-order valence-corrected chi connectivity index (χ3v) is 2.14. The zero-order valence-electron chi connectivity index (χ0n) is 9.41. The van der Waals surface area contributed by atoms with Crippen molar-refractivity contribution in [3.05, 3.63) is 0 Å². The number of hydrogen-bond donors (Lipinski definition) is 2. The summed E-state index contributed by atoms with van der Waals surface area (Å²) in [6.07, 6.45) is 1.83. The van der Waals surface area contributed by atoms with Crippen LogP contribution in [0, 0.1) is 5.92 Å². The maximum Gasteiger partial charge on any atom is 0.307 e. The van der Waals surface area contributed by atoms with E-state index < -0.39 is 0 Å². The molecule has 0 aromatic carbocycles. The quantitative estimate of drug-likeness (QED) is 0.589. The normalized spacial score (nSPS) is 11.9. The van der Waals surface area contributed by atoms with Crippen molar-refractivity contribution in [2.24, 2.45) is 11.7 Å². The molecule has 5 heteroatoms. The lowest BCUT2D eigenvalue weighted by Crippen LogP contribution is -2.31. The minimum absolute atomic E-state index is 0.0349. The minimum Gasteiger partial charge on any atom is -0.469 e. The molecule has 0 saturated carbocycles. The third-order valence-electron chi connectivity index (χ3n) is 2.14. The molecule has 0 radical (unpaired) electrons. The van der Waals surface area contributed by atoms with Gasteiger partial charge >= 0.3 is 5.97 Å². The van der Waals surface area contributed by atoms with Gasteiger partial charge in [-0.25, -0.2) is 0 Å². The molecule has 0 aliphatic carbocycles. The molecule has 0 rings (SSSR count). The fourth-order valence-corrected chi connectivity index (χ4v) is 1.12. The molecule has 0 spiro atoms. The Labute approximate surface area is 90.4 Å². The van der Waals surface area contributed by atoms with Crippen LogP contribution < -0.4 is 11.1 Å². The molecule has 0 bridgehead atoms. The van der Waals surface area contributed by atoms with E-state index >= 15 is 0 Å². The van der Waals surface area contributed by atoms with Crippen LogP contribution in [-0.4, -0.2) is 32.1 Å². The molecule has 0 fully saturated rings. The predicted molar refractivity (Wildman–Crippen MR) is 57.1 cm³/mol. The van der Waals surface area contributed by atoms with Gasteiger partial charge in [-0.1, -0.05) is 6.92 Å². The molecule has 1 amide bonds. The molecule has 0 aromatic heterocycles. The van der Waals surface area contributed by atoms with Crippen molar-refractivity contribution in [2.45, 2.75) is 26.2 Å². The van der Waals surface area contributed by atoms with Crippen LogP contribution in [0.2, 0.25) is 0 Å². The van der Waals surface area contributed by atoms with Gasteiger partial charge in [0.05, 0.1) is 13.5 Å². The van der Waals surface area contributed by atoms with Crippen LogP contribution in [0.3, 0.4) is 0 Å². The lowest BCUT2D eigenvalue weighted by Gasteiger charge is -2.10. The molecule has 0 saturated heterocycles. The number of amides is 1. The van der Waals surface area contributed by atoms with Crippen molar-refractivity contribution < 1.29 is 14.3 Å². The first kappa shape index (κ1) is 13.9. The number of nitrogens with two attached hydrogens (primary N) is 1. The highest BCUT2D eigenvalue weighted by Gasteiger charge is 2.11. The van der Waals surface area contributed by atoms with E-state index in [1.54, 1.807) is 0 Å². The number of rotatable bonds is 7. The molecule has 1 unspecified atom stereocenters. The van der Waals surface area contributed by atoms with Crippen LogP contribution in [0.5, 0.6) is 0 Å². The second-order valence-electron chi connectivity index (χ2n) is 3.45. The molecule has 3 N–H and O–H groups in total. The molecule has 15 heavy (non-hydrogen) atoms. The second kappa shape index (κ2) is 8.23. The number of carbonyl (C=O) groups excluding carboxylic acids is 2. The first-order valence-electron chi connectivity index (χ1n) is 5.16. The molecule has 5 nitrogen and oxygen atoms in total. The lowest BCUT2D eigenvalue weighted by molar-refractivity contribution is -0.140. The fraction of sp³-hybridized carbons (Fsp3) is 0.800. The Kier molecular flexibility index (Phi) is 7.62. The second-order valence-corrected chi connectivity index (χ2v) is 3.45. The predicted octanol–water partition coefficient (Wildman–Crippen LogP) is 0.0407. The van der Waals surface area contributed by atoms with Gasteiger partial charge in [0.1, 0.15) is 0 Å². The van der Waals surface area contributed by atoms with Crippen molar-refractivity contribution in [3.63, 3.8) is 0 Å². The van der Waals surface area contributed by atoms with Crippen molar-refractivity contribution in [3.8, 4) is 0 Å². The van der Waals surface area contributed by atoms with Crippen molar-refractivity contribution in [1.82, 2.24) is 5.32 Å². The van der Waals surface area contributed by atoms with E-state index in [0.717, 1.165) is 12.8 Å². The Morgan fingerprint density at radius 3 is 2.67 bits per heavy atom. The first-order valence-corrected chi connectivity index (χ1v) is 5.16. The van der Waals surface area contributed by atoms with Crippen LogP contribution in [0.1, 0.15) is 26.2 Å². The van der Waals surface area contributed by atoms with E-state index in [0.29, 0.717) is 13.1 Å². The summed E-state index contributed by atoms with van der Waals surface area (Å²) < 4.78 is 4.45. The van der Waals surface area contributed by atoms with Gasteiger partial charge in [-0.2, -0.15) is 0 Å². The van der Waals surface area contributed by atoms with Crippen LogP contribution in [0.25, 0.3) is 0 Å². The number of nitrogens with one attached hydrogen (secondary N) is 1. The van der Waals surface area contributed by atoms with Crippen LogP contribution in [0.15, 0.2) is 0 Å². The Bertz CT molecular complexity index is 207. The van der Waals surface area contributed by atoms with Gasteiger partial charge < -0.3 is 15.8 Å². The fourth-order valence-electron chi connectivity index (χ4n) is 1.12. The van der Waals surface area contributed by atoms with Gasteiger partial charge in [-0.3, -0.25) is 9.59 Å². The van der Waals surface area contributed by atoms with Gasteiger partial charge in [0.2, 0.25) is 5.91 Å². The molecule has 1 atom stereocenters. The monoisotopic (exact) mass is 216 g/mol. The molecule has 0 aliphatic heterocycles. The number of carbonyl (C=O) groups is 2. The van der Waals surface area contributed by atoms with E-state index in [9.17, 15) is 9.59 Å². The standard InChI is InChI=1S/C10H20N2O3/c1-8(4-3-6-11)10(14)12-7-5-9(13)15-2/h8H,3-7,11H2,1-2H3,(H,12,14). The summed E-state index contributed by atoms with van der Waals surface area (Å²) in [7, 11) is 1.33. The maximum atomic E-state index is 11.4. The molecule has 88 valence electrons. The van der Waals surface area contributed by atoms with Crippen LogP contribution >= 0.6 is 0 Å². The maximum absolute atomic E-state index is 11.4. The smallest absolute Gasteiger partial charge is 0.307 e. The van der Waals surface area contributed by atoms with Crippen molar-refractivity contribution in [1.29, 1.82) is 0 Å². The van der Waals surface area contributed by atoms with Crippen LogP contribution in [-0.2, 0) is 14.3 Å². The summed E-state index contributed by atoms with van der Waals surface area (Å²) in [4.78, 5) is 22.2. The third kappa shape index (κ3) is 6.90. The van der Waals surface area contributed by atoms with Gasteiger partial charge in [0.25, 0.3) is 0 Å². The van der Waals surface area contributed by atoms with Gasteiger partial charge in [0.15, 0.2) is 0 Å². The van der Waals surface area contributed by atoms with Gasteiger partial charge in [-0.05, 0) is 19.4 Å². The van der Waals surface area contributed by atoms with Gasteiger partial charge in [0, 0.05) is 12.5 Å². The van der Waals surface area contributed by atoms with E-state index in [2.05, 4.69) is 10.1 Å². The Morgan fingerprint density at radius 2 is 2.13 bits per heavy atom. The molecular weight excluding hydrogens is 196 g/mol. The summed E-state index contributed by atoms with van der Waals surface area (Å²) in [5.41, 5.74) is 5.34. The summed E-state index contributed by atoms with van der Waals surface area (Å²) in [6.45, 7) is 2.78. The zero-order valence-corrected chi connectivity index (χ0v) is 9.41. The number of ether oxygens (including phenoxy) is 1. The zero-order chi connectivity index (χ0) is 11.7. The summed E-state index contributed by atoms with van der Waals surface area (Å²) >= 11 is 0. The van der Waals surface area contributed by atoms with Crippen molar-refractivity contribution in [2.75, 3.05) is 20.2 Å². The minimum atomic E-state index is -0.315. The SMILES string of the molecule is COC(=O)CCNC(=O)C(C)CCCN. The highest BCUT2D eigenvalue weighted by Crippen LogP contribution is 2.04. The average molecular weight is 216 g/mol. The highest BCUT2D eigenvalue weighted by atomic mass is 16.5. The topological polar surface area (TPSA) is 81.4 Å². The van der Waals surface area contributed by atoms with E-state index in [1.807, 2.05) is 6.92 Å².